The van der Waals surface area contributed by atoms with Crippen LogP contribution in [0.4, 0.5) is 0 Å². The van der Waals surface area contributed by atoms with Crippen LogP contribution in [0.15, 0.2) is 12.1 Å². The van der Waals surface area contributed by atoms with Gasteiger partial charge in [-0.25, -0.2) is 0 Å². The van der Waals surface area contributed by atoms with Crippen LogP contribution in [0, 0.1) is 32.6 Å². The normalized spacial score (nSPS) is 26.4. The Morgan fingerprint density at radius 2 is 1.56 bits per heavy atom. The van der Waals surface area contributed by atoms with Crippen molar-refractivity contribution in [2.45, 2.75) is 46.3 Å². The first-order chi connectivity index (χ1) is 12.0. The molecule has 2 aliphatic heterocycles. The van der Waals surface area contributed by atoms with E-state index < -0.39 is 0 Å². The smallest absolute Gasteiger partial charge is 0.0564 e. The second kappa shape index (κ2) is 8.17. The van der Waals surface area contributed by atoms with E-state index in [4.69, 9.17) is 0 Å². The molecule has 4 nitrogen and oxygen atoms in total. The maximum atomic E-state index is 9.84. The van der Waals surface area contributed by atoms with Crippen molar-refractivity contribution in [1.29, 1.82) is 0 Å². The zero-order chi connectivity index (χ0) is 18.0. The quantitative estimate of drug-likeness (QED) is 0.857. The Morgan fingerprint density at radius 3 is 2.24 bits per heavy atom. The van der Waals surface area contributed by atoms with E-state index in [1.54, 1.807) is 0 Å². The number of piperidine rings is 1. The first-order valence-electron chi connectivity index (χ1n) is 9.76. The summed E-state index contributed by atoms with van der Waals surface area (Å²) in [6.45, 7) is 12.9. The Balaban J connectivity index is 1.60. The van der Waals surface area contributed by atoms with Gasteiger partial charge >= 0.3 is 0 Å². The molecule has 0 amide bonds. The number of rotatable bonds is 5. The summed E-state index contributed by atoms with van der Waals surface area (Å²) in [7, 11) is 0. The molecule has 2 heterocycles. The average Bonchev–Trinajstić information content (AvgIpc) is 2.96. The predicted molar refractivity (Wildman–Crippen MR) is 102 cm³/mol. The number of aryl methyl sites for hydroxylation is 3. The van der Waals surface area contributed by atoms with Crippen molar-refractivity contribution >= 4 is 0 Å². The molecule has 0 saturated carbocycles. The summed E-state index contributed by atoms with van der Waals surface area (Å²) in [4.78, 5) is 4.99. The Hall–Kier alpha value is -0.940. The summed E-state index contributed by atoms with van der Waals surface area (Å²) in [5.41, 5.74) is 5.52. The van der Waals surface area contributed by atoms with E-state index in [0.717, 1.165) is 52.1 Å². The minimum absolute atomic E-state index is 0.113. The molecule has 0 aliphatic carbocycles. The fourth-order valence-corrected chi connectivity index (χ4v) is 4.44. The van der Waals surface area contributed by atoms with Gasteiger partial charge < -0.3 is 15.1 Å². The van der Waals surface area contributed by atoms with E-state index in [2.05, 4.69) is 42.7 Å². The van der Waals surface area contributed by atoms with Crippen LogP contribution in [0.5, 0.6) is 0 Å². The molecule has 0 bridgehead atoms. The first-order valence-corrected chi connectivity index (χ1v) is 9.76. The first kappa shape index (κ1) is 18.8. The van der Waals surface area contributed by atoms with Crippen molar-refractivity contribution in [3.63, 3.8) is 0 Å². The molecule has 2 aliphatic rings. The number of nitrogens with zero attached hydrogens (tertiary/aromatic N) is 2. The lowest BCUT2D eigenvalue weighted by molar-refractivity contribution is 0.0684. The van der Waals surface area contributed by atoms with Crippen molar-refractivity contribution in [1.82, 2.24) is 9.80 Å². The number of aliphatic hydroxyl groups excluding tert-OH is 2. The molecular weight excluding hydrogens is 312 g/mol. The standard InChI is InChI=1S/C21H34N2O2/c1-15-8-17(3)18(9-16(15)2)10-23-12-19(20(13-23)14-24)11-22-6-4-21(25)5-7-22/h8-9,19-21,24-25H,4-7,10-14H2,1-3H3/t19-,20-/m1/s1. The molecule has 2 fully saturated rings. The number of aliphatic hydroxyl groups is 2. The molecule has 2 N–H and O–H groups in total. The highest BCUT2D eigenvalue weighted by molar-refractivity contribution is 5.36. The SMILES string of the molecule is Cc1cc(C)c(CN2C[C@@H](CN3CCC(O)CC3)[C@@H](CO)C2)cc1C. The van der Waals surface area contributed by atoms with Crippen LogP contribution in [0.1, 0.15) is 35.1 Å². The minimum atomic E-state index is -0.113. The second-order valence-electron chi connectivity index (χ2n) is 8.29. The Kier molecular flexibility index (Phi) is 6.16. The second-order valence-corrected chi connectivity index (χ2v) is 8.29. The summed E-state index contributed by atoms with van der Waals surface area (Å²) in [6.07, 6.45) is 1.67. The Labute approximate surface area is 152 Å². The van der Waals surface area contributed by atoms with Gasteiger partial charge in [-0.2, -0.15) is 0 Å². The number of likely N-dealkylation sites (tertiary alicyclic amines) is 2. The minimum Gasteiger partial charge on any atom is -0.396 e. The summed E-state index contributed by atoms with van der Waals surface area (Å²) in [5.74, 6) is 0.908. The van der Waals surface area contributed by atoms with Gasteiger partial charge in [0.25, 0.3) is 0 Å². The number of hydrogen-bond donors (Lipinski definition) is 2. The summed E-state index contributed by atoms with van der Waals surface area (Å²) in [5, 5.41) is 19.5. The van der Waals surface area contributed by atoms with Crippen LogP contribution in [0.3, 0.4) is 0 Å². The Bertz CT molecular complexity index is 582. The number of hydrogen-bond acceptors (Lipinski definition) is 4. The van der Waals surface area contributed by atoms with Crippen LogP contribution in [-0.4, -0.2) is 65.4 Å². The molecule has 0 radical (unpaired) electrons. The van der Waals surface area contributed by atoms with E-state index >= 15 is 0 Å². The zero-order valence-electron chi connectivity index (χ0n) is 16.0. The van der Waals surface area contributed by atoms with E-state index in [0.29, 0.717) is 11.8 Å². The van der Waals surface area contributed by atoms with Gasteiger partial charge in [-0.1, -0.05) is 12.1 Å². The molecule has 0 unspecified atom stereocenters. The van der Waals surface area contributed by atoms with Crippen LogP contribution < -0.4 is 0 Å². The van der Waals surface area contributed by atoms with Crippen LogP contribution in [-0.2, 0) is 6.54 Å². The average molecular weight is 347 g/mol. The fraction of sp³-hybridized carbons (Fsp3) is 0.714. The predicted octanol–water partition coefficient (Wildman–Crippen LogP) is 2.11. The van der Waals surface area contributed by atoms with Crippen molar-refractivity contribution in [2.75, 3.05) is 39.3 Å². The molecule has 3 rings (SSSR count). The molecular formula is C21H34N2O2. The maximum absolute atomic E-state index is 9.84. The van der Waals surface area contributed by atoms with Crippen molar-refractivity contribution < 1.29 is 10.2 Å². The van der Waals surface area contributed by atoms with Gasteiger partial charge in [0.05, 0.1) is 6.10 Å². The lowest BCUT2D eigenvalue weighted by Crippen LogP contribution is -2.40. The van der Waals surface area contributed by atoms with E-state index in [-0.39, 0.29) is 12.7 Å². The van der Waals surface area contributed by atoms with Gasteiger partial charge in [0.1, 0.15) is 0 Å². The van der Waals surface area contributed by atoms with Gasteiger partial charge in [0.15, 0.2) is 0 Å². The Morgan fingerprint density at radius 1 is 0.920 bits per heavy atom. The monoisotopic (exact) mass is 346 g/mol. The summed E-state index contributed by atoms with van der Waals surface area (Å²) in [6, 6.07) is 4.62. The summed E-state index contributed by atoms with van der Waals surface area (Å²) >= 11 is 0. The van der Waals surface area contributed by atoms with Crippen LogP contribution >= 0.6 is 0 Å². The molecule has 0 aromatic heterocycles. The zero-order valence-corrected chi connectivity index (χ0v) is 16.0. The maximum Gasteiger partial charge on any atom is 0.0564 e. The van der Waals surface area contributed by atoms with E-state index in [9.17, 15) is 10.2 Å². The van der Waals surface area contributed by atoms with Gasteiger partial charge in [0, 0.05) is 45.9 Å². The van der Waals surface area contributed by atoms with Crippen molar-refractivity contribution in [2.24, 2.45) is 11.8 Å². The third-order valence-corrected chi connectivity index (χ3v) is 6.28. The molecule has 1 aromatic carbocycles. The van der Waals surface area contributed by atoms with Gasteiger partial charge in [0.2, 0.25) is 0 Å². The highest BCUT2D eigenvalue weighted by atomic mass is 16.3. The van der Waals surface area contributed by atoms with Crippen molar-refractivity contribution in [3.05, 3.63) is 34.4 Å². The number of benzene rings is 1. The lowest BCUT2D eigenvalue weighted by atomic mass is 9.95. The molecule has 140 valence electrons. The molecule has 0 spiro atoms. The highest BCUT2D eigenvalue weighted by Gasteiger charge is 2.34. The van der Waals surface area contributed by atoms with Gasteiger partial charge in [-0.3, -0.25) is 4.90 Å². The van der Waals surface area contributed by atoms with Crippen LogP contribution in [0.25, 0.3) is 0 Å². The molecule has 2 saturated heterocycles. The van der Waals surface area contributed by atoms with Crippen LogP contribution in [0.2, 0.25) is 0 Å². The third kappa shape index (κ3) is 4.62. The molecule has 25 heavy (non-hydrogen) atoms. The molecule has 2 atom stereocenters. The lowest BCUT2D eigenvalue weighted by Gasteiger charge is -2.32. The third-order valence-electron chi connectivity index (χ3n) is 6.28. The topological polar surface area (TPSA) is 46.9 Å². The molecule has 1 aromatic rings. The van der Waals surface area contributed by atoms with E-state index in [1.165, 1.54) is 22.3 Å². The van der Waals surface area contributed by atoms with Gasteiger partial charge in [-0.15, -0.1) is 0 Å². The largest absolute Gasteiger partial charge is 0.396 e. The van der Waals surface area contributed by atoms with E-state index in [1.807, 2.05) is 0 Å². The van der Waals surface area contributed by atoms with Crippen molar-refractivity contribution in [3.8, 4) is 0 Å². The fourth-order valence-electron chi connectivity index (χ4n) is 4.44. The summed E-state index contributed by atoms with van der Waals surface area (Å²) < 4.78 is 0. The highest BCUT2D eigenvalue weighted by Crippen LogP contribution is 2.28. The van der Waals surface area contributed by atoms with Gasteiger partial charge in [-0.05, 0) is 67.7 Å². The molecule has 4 heteroatoms.